The van der Waals surface area contributed by atoms with Crippen molar-refractivity contribution in [1.29, 1.82) is 0 Å². The summed E-state index contributed by atoms with van der Waals surface area (Å²) in [5, 5.41) is 0. The number of aromatic nitrogens is 2. The van der Waals surface area contributed by atoms with E-state index in [4.69, 9.17) is 11.6 Å². The Hall–Kier alpha value is -1.14. The number of alkyl halides is 1. The van der Waals surface area contributed by atoms with Gasteiger partial charge in [-0.1, -0.05) is 29.8 Å². The van der Waals surface area contributed by atoms with Crippen LogP contribution in [0, 0.1) is 16.3 Å². The summed E-state index contributed by atoms with van der Waals surface area (Å²) in [4.78, 5) is 4.51. The van der Waals surface area contributed by atoms with Crippen molar-refractivity contribution in [3.05, 3.63) is 62.7 Å². The summed E-state index contributed by atoms with van der Waals surface area (Å²) in [7, 11) is 0. The first-order valence-electron chi connectivity index (χ1n) is 6.54. The van der Waals surface area contributed by atoms with Crippen LogP contribution in [0.25, 0.3) is 11.0 Å². The summed E-state index contributed by atoms with van der Waals surface area (Å²) in [5.74, 6) is 0.835. The Morgan fingerprint density at radius 2 is 1.95 bits per heavy atom. The molecule has 21 heavy (non-hydrogen) atoms. The Bertz CT molecular complexity index is 796. The predicted octanol–water partition coefficient (Wildman–Crippen LogP) is 4.88. The second-order valence-electron chi connectivity index (χ2n) is 4.99. The van der Waals surface area contributed by atoms with Crippen molar-refractivity contribution >= 4 is 45.2 Å². The standard InChI is InChI=1S/C16H13ClFIN2/c1-10-2-4-11(5-3-10)9-21-15-6-12(18)13(19)7-14(15)20-16(21)8-17/h2-7H,8-9H2,1H3. The molecule has 0 N–H and O–H groups in total. The highest BCUT2D eigenvalue weighted by Gasteiger charge is 2.13. The molecule has 0 unspecified atom stereocenters. The summed E-state index contributed by atoms with van der Waals surface area (Å²) >= 11 is 7.97. The zero-order valence-electron chi connectivity index (χ0n) is 11.4. The molecule has 0 aliphatic rings. The van der Waals surface area contributed by atoms with Crippen LogP contribution >= 0.6 is 34.2 Å². The molecule has 108 valence electrons. The number of rotatable bonds is 3. The first-order valence-corrected chi connectivity index (χ1v) is 8.15. The number of imidazole rings is 1. The smallest absolute Gasteiger partial charge is 0.138 e. The Morgan fingerprint density at radius 3 is 2.62 bits per heavy atom. The van der Waals surface area contributed by atoms with Crippen molar-refractivity contribution in [2.24, 2.45) is 0 Å². The van der Waals surface area contributed by atoms with E-state index in [9.17, 15) is 4.39 Å². The monoisotopic (exact) mass is 414 g/mol. The summed E-state index contributed by atoms with van der Waals surface area (Å²) < 4.78 is 16.4. The van der Waals surface area contributed by atoms with Gasteiger partial charge in [0.15, 0.2) is 0 Å². The van der Waals surface area contributed by atoms with Crippen LogP contribution in [-0.2, 0) is 12.4 Å². The molecule has 0 saturated heterocycles. The lowest BCUT2D eigenvalue weighted by atomic mass is 10.1. The van der Waals surface area contributed by atoms with E-state index in [1.165, 1.54) is 11.6 Å². The Balaban J connectivity index is 2.11. The molecular weight excluding hydrogens is 402 g/mol. The van der Waals surface area contributed by atoms with Gasteiger partial charge in [-0.15, -0.1) is 11.6 Å². The van der Waals surface area contributed by atoms with Gasteiger partial charge in [-0.2, -0.15) is 0 Å². The molecule has 2 aromatic carbocycles. The zero-order valence-corrected chi connectivity index (χ0v) is 14.3. The third-order valence-corrected chi connectivity index (χ3v) is 4.52. The van der Waals surface area contributed by atoms with Crippen molar-refractivity contribution in [2.45, 2.75) is 19.3 Å². The second-order valence-corrected chi connectivity index (χ2v) is 6.42. The van der Waals surface area contributed by atoms with Crippen LogP contribution in [0.2, 0.25) is 0 Å². The van der Waals surface area contributed by atoms with Gasteiger partial charge in [0.25, 0.3) is 0 Å². The van der Waals surface area contributed by atoms with E-state index in [-0.39, 0.29) is 5.82 Å². The van der Waals surface area contributed by atoms with Crippen molar-refractivity contribution in [3.63, 3.8) is 0 Å². The lowest BCUT2D eigenvalue weighted by molar-refractivity contribution is 0.621. The van der Waals surface area contributed by atoms with E-state index < -0.39 is 0 Å². The van der Waals surface area contributed by atoms with Crippen molar-refractivity contribution < 1.29 is 4.39 Å². The molecule has 0 spiro atoms. The molecule has 0 aliphatic heterocycles. The summed E-state index contributed by atoms with van der Waals surface area (Å²) in [6.07, 6.45) is 0. The van der Waals surface area contributed by atoms with E-state index in [2.05, 4.69) is 36.2 Å². The Kier molecular flexibility index (Phi) is 4.17. The van der Waals surface area contributed by atoms with Crippen LogP contribution in [-0.4, -0.2) is 9.55 Å². The first kappa shape index (κ1) is 14.8. The zero-order chi connectivity index (χ0) is 15.0. The third kappa shape index (κ3) is 2.92. The van der Waals surface area contributed by atoms with E-state index in [1.807, 2.05) is 27.2 Å². The Morgan fingerprint density at radius 1 is 1.24 bits per heavy atom. The van der Waals surface area contributed by atoms with Crippen LogP contribution in [0.5, 0.6) is 0 Å². The molecule has 5 heteroatoms. The maximum absolute atomic E-state index is 13.9. The molecule has 0 atom stereocenters. The van der Waals surface area contributed by atoms with Crippen LogP contribution in [0.3, 0.4) is 0 Å². The van der Waals surface area contributed by atoms with Gasteiger partial charge >= 0.3 is 0 Å². The number of hydrogen-bond acceptors (Lipinski definition) is 1. The normalized spacial score (nSPS) is 11.2. The van der Waals surface area contributed by atoms with Crippen LogP contribution in [0.4, 0.5) is 4.39 Å². The third-order valence-electron chi connectivity index (χ3n) is 3.45. The number of benzene rings is 2. The number of hydrogen-bond donors (Lipinski definition) is 0. The molecule has 0 radical (unpaired) electrons. The molecule has 3 rings (SSSR count). The predicted molar refractivity (Wildman–Crippen MR) is 92.2 cm³/mol. The van der Waals surface area contributed by atoms with E-state index in [0.717, 1.165) is 22.4 Å². The van der Waals surface area contributed by atoms with Crippen molar-refractivity contribution in [1.82, 2.24) is 9.55 Å². The maximum Gasteiger partial charge on any atom is 0.138 e. The lowest BCUT2D eigenvalue weighted by Gasteiger charge is -2.08. The molecule has 0 fully saturated rings. The van der Waals surface area contributed by atoms with Crippen LogP contribution in [0.1, 0.15) is 17.0 Å². The fourth-order valence-electron chi connectivity index (χ4n) is 2.32. The van der Waals surface area contributed by atoms with E-state index >= 15 is 0 Å². The highest BCUT2D eigenvalue weighted by Crippen LogP contribution is 2.23. The minimum atomic E-state index is -0.228. The highest BCUT2D eigenvalue weighted by molar-refractivity contribution is 14.1. The molecule has 0 aliphatic carbocycles. The van der Waals surface area contributed by atoms with Gasteiger partial charge in [0.2, 0.25) is 0 Å². The number of aryl methyl sites for hydroxylation is 1. The highest BCUT2D eigenvalue weighted by atomic mass is 127. The lowest BCUT2D eigenvalue weighted by Crippen LogP contribution is -2.04. The largest absolute Gasteiger partial charge is 0.322 e. The van der Waals surface area contributed by atoms with E-state index in [0.29, 0.717) is 16.0 Å². The van der Waals surface area contributed by atoms with Gasteiger partial charge in [-0.05, 0) is 41.1 Å². The van der Waals surface area contributed by atoms with Gasteiger partial charge < -0.3 is 4.57 Å². The fraction of sp³-hybridized carbons (Fsp3) is 0.188. The average molecular weight is 415 g/mol. The molecule has 2 nitrogen and oxygen atoms in total. The van der Waals surface area contributed by atoms with Gasteiger partial charge in [0.05, 0.1) is 20.5 Å². The number of halogens is 3. The van der Waals surface area contributed by atoms with Crippen molar-refractivity contribution in [3.8, 4) is 0 Å². The Labute approximate surface area is 141 Å². The number of fused-ring (bicyclic) bond motifs is 1. The van der Waals surface area contributed by atoms with Crippen molar-refractivity contribution in [2.75, 3.05) is 0 Å². The average Bonchev–Trinajstić information content (AvgIpc) is 2.79. The molecule has 3 aromatic rings. The SMILES string of the molecule is Cc1ccc(Cn2c(CCl)nc3cc(I)c(F)cc32)cc1. The van der Waals surface area contributed by atoms with Crippen LogP contribution < -0.4 is 0 Å². The number of nitrogens with zero attached hydrogens (tertiary/aromatic N) is 2. The molecule has 1 heterocycles. The van der Waals surface area contributed by atoms with Gasteiger partial charge in [-0.25, -0.2) is 9.37 Å². The van der Waals surface area contributed by atoms with Crippen LogP contribution in [0.15, 0.2) is 36.4 Å². The van der Waals surface area contributed by atoms with E-state index in [1.54, 1.807) is 6.07 Å². The molecule has 0 bridgehead atoms. The molecule has 1 aromatic heterocycles. The van der Waals surface area contributed by atoms with Gasteiger partial charge in [0.1, 0.15) is 11.6 Å². The minimum absolute atomic E-state index is 0.228. The summed E-state index contributed by atoms with van der Waals surface area (Å²) in [5.41, 5.74) is 3.92. The summed E-state index contributed by atoms with van der Waals surface area (Å²) in [6, 6.07) is 11.6. The fourth-order valence-corrected chi connectivity index (χ4v) is 2.98. The minimum Gasteiger partial charge on any atom is -0.322 e. The first-order chi connectivity index (χ1) is 10.1. The van der Waals surface area contributed by atoms with Gasteiger partial charge in [-0.3, -0.25) is 0 Å². The topological polar surface area (TPSA) is 17.8 Å². The quantitative estimate of drug-likeness (QED) is 0.441. The molecule has 0 amide bonds. The molecular formula is C16H13ClFIN2. The molecule has 0 saturated carbocycles. The second kappa shape index (κ2) is 5.93. The van der Waals surface area contributed by atoms with Gasteiger partial charge in [0, 0.05) is 12.6 Å². The maximum atomic E-state index is 13.9. The summed E-state index contributed by atoms with van der Waals surface area (Å²) in [6.45, 7) is 2.69.